The first kappa shape index (κ1) is 22.5. The molecule has 3 heterocycles. The smallest absolute Gasteiger partial charge is 0.227 e. The molecule has 2 aliphatic heterocycles. The van der Waals surface area contributed by atoms with Crippen molar-refractivity contribution in [2.45, 2.75) is 37.2 Å². The molecular weight excluding hydrogens is 471 g/mol. The van der Waals surface area contributed by atoms with Gasteiger partial charge in [-0.1, -0.05) is 29.3 Å². The lowest BCUT2D eigenvalue weighted by molar-refractivity contribution is -0.234. The Morgan fingerprint density at radius 2 is 1.91 bits per heavy atom. The number of hydrogen-bond donors (Lipinski definition) is 3. The Morgan fingerprint density at radius 1 is 1.09 bits per heavy atom. The average Bonchev–Trinajstić information content (AvgIpc) is 3.40. The van der Waals surface area contributed by atoms with E-state index >= 15 is 0 Å². The van der Waals surface area contributed by atoms with Crippen LogP contribution >= 0.6 is 23.2 Å². The van der Waals surface area contributed by atoms with E-state index in [-0.39, 0.29) is 5.90 Å². The van der Waals surface area contributed by atoms with Crippen LogP contribution in [-0.4, -0.2) is 70.1 Å². The molecule has 0 bridgehead atoms. The van der Waals surface area contributed by atoms with E-state index in [1.54, 1.807) is 13.2 Å². The van der Waals surface area contributed by atoms with Gasteiger partial charge in [-0.2, -0.15) is 0 Å². The van der Waals surface area contributed by atoms with Gasteiger partial charge in [0.1, 0.15) is 30.1 Å². The molecule has 5 rings (SSSR count). The maximum Gasteiger partial charge on any atom is 0.227 e. The van der Waals surface area contributed by atoms with Crippen LogP contribution in [0.2, 0.25) is 10.0 Å². The number of aliphatic hydroxyl groups excluding tert-OH is 3. The first-order valence-corrected chi connectivity index (χ1v) is 11.1. The van der Waals surface area contributed by atoms with Crippen molar-refractivity contribution in [2.24, 2.45) is 4.99 Å². The third kappa shape index (κ3) is 3.97. The number of methoxy groups -OCH3 is 1. The first-order valence-electron chi connectivity index (χ1n) is 10.4. The summed E-state index contributed by atoms with van der Waals surface area (Å²) in [7, 11) is 1.59. The van der Waals surface area contributed by atoms with Crippen LogP contribution in [-0.2, 0) is 16.0 Å². The summed E-state index contributed by atoms with van der Waals surface area (Å²) >= 11 is 12.2. The Morgan fingerprint density at radius 3 is 2.64 bits per heavy atom. The van der Waals surface area contributed by atoms with E-state index in [0.717, 1.165) is 16.5 Å². The molecule has 0 radical (unpaired) electrons. The third-order valence-electron chi connectivity index (χ3n) is 6.00. The molecule has 2 aliphatic rings. The van der Waals surface area contributed by atoms with Crippen molar-refractivity contribution in [1.82, 2.24) is 4.57 Å². The zero-order chi connectivity index (χ0) is 23.3. The van der Waals surface area contributed by atoms with Crippen molar-refractivity contribution in [2.75, 3.05) is 13.7 Å². The number of halogens is 2. The lowest BCUT2D eigenvalue weighted by Gasteiger charge is -2.36. The molecule has 1 saturated heterocycles. The molecule has 0 amide bonds. The largest absolute Gasteiger partial charge is 0.497 e. The molecule has 174 valence electrons. The monoisotopic (exact) mass is 492 g/mol. The van der Waals surface area contributed by atoms with Crippen molar-refractivity contribution in [3.8, 4) is 5.75 Å². The zero-order valence-electron chi connectivity index (χ0n) is 17.6. The summed E-state index contributed by atoms with van der Waals surface area (Å²) in [5.41, 5.74) is 2.55. The van der Waals surface area contributed by atoms with Gasteiger partial charge in [0.2, 0.25) is 12.2 Å². The van der Waals surface area contributed by atoms with Gasteiger partial charge >= 0.3 is 0 Å². The molecule has 3 aromatic rings. The normalized spacial score (nSPS) is 26.7. The highest BCUT2D eigenvalue weighted by atomic mass is 35.5. The fourth-order valence-corrected chi connectivity index (χ4v) is 4.57. The number of nitrogens with zero attached hydrogens (tertiary/aromatic N) is 2. The van der Waals surface area contributed by atoms with Crippen LogP contribution in [0.25, 0.3) is 10.9 Å². The number of aromatic nitrogens is 1. The predicted octanol–water partition coefficient (Wildman–Crippen LogP) is 2.59. The summed E-state index contributed by atoms with van der Waals surface area (Å²) in [5.74, 6) is 0.945. The highest BCUT2D eigenvalue weighted by molar-refractivity contribution is 6.42. The number of hydrogen-bond acceptors (Lipinski definition) is 7. The highest BCUT2D eigenvalue weighted by Gasteiger charge is 2.49. The van der Waals surface area contributed by atoms with E-state index in [1.807, 2.05) is 41.1 Å². The quantitative estimate of drug-likeness (QED) is 0.505. The van der Waals surface area contributed by atoms with E-state index in [1.165, 1.54) is 0 Å². The van der Waals surface area contributed by atoms with Crippen LogP contribution in [0.3, 0.4) is 0 Å². The number of aliphatic imine (C=N–C) groups is 1. The van der Waals surface area contributed by atoms with Gasteiger partial charge < -0.3 is 34.1 Å². The SMILES string of the molecule is COc1ccc2c(c1)c(C1=N[C@@H]3C(O)[C@H](O)C(CO)O[C@@H]3O1)cn2Cc1ccc(Cl)c(Cl)c1. The predicted molar refractivity (Wildman–Crippen MR) is 123 cm³/mol. The van der Waals surface area contributed by atoms with Crippen LogP contribution < -0.4 is 4.74 Å². The number of rotatable bonds is 5. The summed E-state index contributed by atoms with van der Waals surface area (Å²) in [6, 6.07) is 10.4. The summed E-state index contributed by atoms with van der Waals surface area (Å²) in [5, 5.41) is 31.9. The van der Waals surface area contributed by atoms with Gasteiger partial charge in [-0.3, -0.25) is 0 Å². The lowest BCUT2D eigenvalue weighted by atomic mass is 9.98. The van der Waals surface area contributed by atoms with Gasteiger partial charge in [0.05, 0.1) is 29.3 Å². The molecule has 0 aliphatic carbocycles. The van der Waals surface area contributed by atoms with Crippen LogP contribution in [0.15, 0.2) is 47.6 Å². The topological polar surface area (TPSA) is 106 Å². The Bertz CT molecular complexity index is 1230. The molecule has 3 N–H and O–H groups in total. The van der Waals surface area contributed by atoms with E-state index in [9.17, 15) is 15.3 Å². The molecule has 5 atom stereocenters. The summed E-state index contributed by atoms with van der Waals surface area (Å²) in [6.45, 7) is 0.0740. The highest BCUT2D eigenvalue weighted by Crippen LogP contribution is 2.34. The minimum atomic E-state index is -1.26. The van der Waals surface area contributed by atoms with E-state index in [2.05, 4.69) is 4.99 Å². The Balaban J connectivity index is 1.55. The van der Waals surface area contributed by atoms with Gasteiger partial charge in [0, 0.05) is 23.6 Å². The second-order valence-corrected chi connectivity index (χ2v) is 8.87. The van der Waals surface area contributed by atoms with Gasteiger partial charge in [0.25, 0.3) is 0 Å². The maximum atomic E-state index is 10.5. The minimum absolute atomic E-state index is 0.279. The lowest BCUT2D eigenvalue weighted by Crippen LogP contribution is -2.56. The van der Waals surface area contributed by atoms with Gasteiger partial charge in [-0.25, -0.2) is 4.99 Å². The number of benzene rings is 2. The summed E-state index contributed by atoms with van der Waals surface area (Å²) < 4.78 is 19.0. The number of fused-ring (bicyclic) bond motifs is 2. The minimum Gasteiger partial charge on any atom is -0.497 e. The second-order valence-electron chi connectivity index (χ2n) is 8.05. The van der Waals surface area contributed by atoms with Crippen molar-refractivity contribution >= 4 is 40.0 Å². The molecule has 0 saturated carbocycles. The van der Waals surface area contributed by atoms with Crippen molar-refractivity contribution in [3.05, 3.63) is 63.8 Å². The summed E-state index contributed by atoms with van der Waals surface area (Å²) in [4.78, 5) is 4.52. The van der Waals surface area contributed by atoms with Crippen LogP contribution in [0.5, 0.6) is 5.75 Å². The fourth-order valence-electron chi connectivity index (χ4n) is 4.25. The number of aliphatic hydroxyl groups is 3. The Kier molecular flexibility index (Phi) is 5.98. The van der Waals surface area contributed by atoms with Crippen LogP contribution in [0, 0.1) is 0 Å². The second kappa shape index (κ2) is 8.79. The van der Waals surface area contributed by atoms with Crippen molar-refractivity contribution in [3.63, 3.8) is 0 Å². The van der Waals surface area contributed by atoms with Crippen molar-refractivity contribution in [1.29, 1.82) is 0 Å². The molecule has 0 spiro atoms. The van der Waals surface area contributed by atoms with E-state index in [0.29, 0.717) is 27.9 Å². The zero-order valence-corrected chi connectivity index (χ0v) is 19.1. The molecule has 2 aromatic carbocycles. The van der Waals surface area contributed by atoms with E-state index in [4.69, 9.17) is 37.4 Å². The van der Waals surface area contributed by atoms with Crippen LogP contribution in [0.4, 0.5) is 0 Å². The fraction of sp³-hybridized carbons (Fsp3) is 0.348. The summed E-state index contributed by atoms with van der Waals surface area (Å²) in [6.07, 6.45) is -2.45. The molecule has 33 heavy (non-hydrogen) atoms. The van der Waals surface area contributed by atoms with Gasteiger partial charge in [-0.05, 0) is 35.9 Å². The average molecular weight is 493 g/mol. The third-order valence-corrected chi connectivity index (χ3v) is 6.74. The number of ether oxygens (including phenoxy) is 3. The van der Waals surface area contributed by atoms with Crippen LogP contribution in [0.1, 0.15) is 11.1 Å². The first-order chi connectivity index (χ1) is 15.9. The Labute approximate surface area is 199 Å². The molecule has 10 heteroatoms. The van der Waals surface area contributed by atoms with Crippen molar-refractivity contribution < 1.29 is 29.5 Å². The molecule has 1 aromatic heterocycles. The molecule has 1 fully saturated rings. The molecule has 2 unspecified atom stereocenters. The van der Waals surface area contributed by atoms with Gasteiger partial charge in [0.15, 0.2) is 0 Å². The molecule has 8 nitrogen and oxygen atoms in total. The Hall–Kier alpha value is -2.33. The molecular formula is C23H22Cl2N2O6. The van der Waals surface area contributed by atoms with Gasteiger partial charge in [-0.15, -0.1) is 0 Å². The maximum absolute atomic E-state index is 10.5. The standard InChI is InChI=1S/C23H22Cl2N2O6/c1-31-12-3-5-17-13(7-12)14(9-27(17)8-11-2-4-15(24)16(25)6-11)22-26-19-21(30)20(29)18(10-28)32-23(19)33-22/h2-7,9,18-21,23,28-30H,8,10H2,1H3/t18?,19-,20-,21?,23-/m1/s1. The van der Waals surface area contributed by atoms with E-state index < -0.39 is 37.3 Å².